The minimum Gasteiger partial charge on any atom is -0.171 e. The lowest BCUT2D eigenvalue weighted by Crippen LogP contribution is -2.29. The van der Waals surface area contributed by atoms with Gasteiger partial charge in [0.25, 0.3) is 0 Å². The molecule has 1 unspecified atom stereocenters. The van der Waals surface area contributed by atoms with Crippen LogP contribution < -0.4 is 0 Å². The number of rotatable bonds is 4. The van der Waals surface area contributed by atoms with Crippen molar-refractivity contribution in [3.05, 3.63) is 11.6 Å². The first-order chi connectivity index (χ1) is 12.0. The molecule has 2 fully saturated rings. The van der Waals surface area contributed by atoms with Crippen LogP contribution in [0.1, 0.15) is 90.4 Å². The summed E-state index contributed by atoms with van der Waals surface area (Å²) in [6, 6.07) is 0. The molecule has 0 radical (unpaired) electrons. The standard InChI is InChI=1S/C22H35F3/c1-2-3-16-4-6-17(7-5-16)18-8-10-19(11-9-18)20-12-14-21(15-13-20)22(23,24)25/h10,16-18,20-21H,2-9,11-15H2,1H3. The lowest BCUT2D eigenvalue weighted by molar-refractivity contribution is -0.183. The molecule has 0 N–H and O–H groups in total. The van der Waals surface area contributed by atoms with Crippen molar-refractivity contribution in [2.75, 3.05) is 0 Å². The largest absolute Gasteiger partial charge is 0.391 e. The van der Waals surface area contributed by atoms with E-state index in [1.54, 1.807) is 0 Å². The quantitative estimate of drug-likeness (QED) is 0.453. The lowest BCUT2D eigenvalue weighted by atomic mass is 9.68. The molecule has 3 aliphatic rings. The zero-order valence-electron chi connectivity index (χ0n) is 15.8. The number of hydrogen-bond acceptors (Lipinski definition) is 0. The van der Waals surface area contributed by atoms with Gasteiger partial charge in [0.2, 0.25) is 0 Å². The van der Waals surface area contributed by atoms with E-state index in [0.717, 1.165) is 37.0 Å². The van der Waals surface area contributed by atoms with Gasteiger partial charge in [-0.1, -0.05) is 44.3 Å². The van der Waals surface area contributed by atoms with Gasteiger partial charge in [0.05, 0.1) is 5.92 Å². The molecule has 1 atom stereocenters. The number of halogens is 3. The van der Waals surface area contributed by atoms with Gasteiger partial charge in [-0.25, -0.2) is 0 Å². The van der Waals surface area contributed by atoms with E-state index >= 15 is 0 Å². The zero-order valence-corrected chi connectivity index (χ0v) is 15.8. The summed E-state index contributed by atoms with van der Waals surface area (Å²) in [5.74, 6) is 2.13. The second kappa shape index (κ2) is 8.48. The third kappa shape index (κ3) is 5.04. The Morgan fingerprint density at radius 2 is 1.56 bits per heavy atom. The van der Waals surface area contributed by atoms with Crippen molar-refractivity contribution in [3.63, 3.8) is 0 Å². The second-order valence-corrected chi connectivity index (χ2v) is 8.97. The van der Waals surface area contributed by atoms with Gasteiger partial charge in [-0.3, -0.25) is 0 Å². The third-order valence-corrected chi connectivity index (χ3v) is 7.46. The Balaban J connectivity index is 1.44. The van der Waals surface area contributed by atoms with Gasteiger partial charge in [-0.2, -0.15) is 13.2 Å². The molecule has 144 valence electrons. The highest BCUT2D eigenvalue weighted by Crippen LogP contribution is 2.46. The average molecular weight is 357 g/mol. The van der Waals surface area contributed by atoms with E-state index in [-0.39, 0.29) is 0 Å². The van der Waals surface area contributed by atoms with Crippen LogP contribution in [-0.2, 0) is 0 Å². The van der Waals surface area contributed by atoms with Gasteiger partial charge in [0.15, 0.2) is 0 Å². The highest BCUT2D eigenvalue weighted by atomic mass is 19.4. The van der Waals surface area contributed by atoms with Gasteiger partial charge in [0.1, 0.15) is 0 Å². The fourth-order valence-corrected chi connectivity index (χ4v) is 5.82. The van der Waals surface area contributed by atoms with Crippen molar-refractivity contribution < 1.29 is 13.2 Å². The molecule has 0 aliphatic heterocycles. The molecule has 0 aromatic carbocycles. The molecule has 3 heteroatoms. The predicted octanol–water partition coefficient (Wildman–Crippen LogP) is 7.69. The third-order valence-electron chi connectivity index (χ3n) is 7.46. The van der Waals surface area contributed by atoms with Crippen LogP contribution in [0.25, 0.3) is 0 Å². The summed E-state index contributed by atoms with van der Waals surface area (Å²) in [4.78, 5) is 0. The summed E-state index contributed by atoms with van der Waals surface area (Å²) in [7, 11) is 0. The average Bonchev–Trinajstić information content (AvgIpc) is 2.62. The van der Waals surface area contributed by atoms with Gasteiger partial charge in [-0.05, 0) is 81.5 Å². The van der Waals surface area contributed by atoms with Crippen LogP contribution in [0.5, 0.6) is 0 Å². The van der Waals surface area contributed by atoms with Crippen LogP contribution in [-0.4, -0.2) is 6.18 Å². The molecule has 3 aliphatic carbocycles. The number of alkyl halides is 3. The molecule has 0 spiro atoms. The first-order valence-electron chi connectivity index (χ1n) is 10.7. The van der Waals surface area contributed by atoms with Crippen molar-refractivity contribution in [1.82, 2.24) is 0 Å². The van der Waals surface area contributed by atoms with Crippen LogP contribution in [0.2, 0.25) is 0 Å². The van der Waals surface area contributed by atoms with Gasteiger partial charge in [0, 0.05) is 0 Å². The summed E-state index contributed by atoms with van der Waals surface area (Å²) < 4.78 is 38.5. The minimum absolute atomic E-state index is 0.344. The Morgan fingerprint density at radius 3 is 2.08 bits per heavy atom. The number of hydrogen-bond donors (Lipinski definition) is 0. The summed E-state index contributed by atoms with van der Waals surface area (Å²) in [6.45, 7) is 2.29. The molecule has 0 nitrogen and oxygen atoms in total. The molecular weight excluding hydrogens is 321 g/mol. The van der Waals surface area contributed by atoms with Gasteiger partial charge < -0.3 is 0 Å². The molecule has 0 heterocycles. The Labute approximate surface area is 151 Å². The summed E-state index contributed by atoms with van der Waals surface area (Å²) in [5.41, 5.74) is 1.50. The smallest absolute Gasteiger partial charge is 0.171 e. The van der Waals surface area contributed by atoms with Crippen LogP contribution in [0.3, 0.4) is 0 Å². The maximum atomic E-state index is 12.8. The Kier molecular flexibility index (Phi) is 6.55. The fourth-order valence-electron chi connectivity index (χ4n) is 5.82. The van der Waals surface area contributed by atoms with E-state index in [1.807, 2.05) is 0 Å². The van der Waals surface area contributed by atoms with Crippen LogP contribution >= 0.6 is 0 Å². The molecular formula is C22H35F3. The van der Waals surface area contributed by atoms with E-state index in [9.17, 15) is 13.2 Å². The van der Waals surface area contributed by atoms with Crippen molar-refractivity contribution in [1.29, 1.82) is 0 Å². The SMILES string of the molecule is CCCC1CCC(C2CC=C(C3CCC(C(F)(F)F)CC3)CC2)CC1. The summed E-state index contributed by atoms with van der Waals surface area (Å²) in [5, 5.41) is 0. The van der Waals surface area contributed by atoms with Crippen molar-refractivity contribution in [3.8, 4) is 0 Å². The zero-order chi connectivity index (χ0) is 17.9. The molecule has 0 bridgehead atoms. The second-order valence-electron chi connectivity index (χ2n) is 8.97. The Bertz CT molecular complexity index is 435. The minimum atomic E-state index is -3.98. The first-order valence-corrected chi connectivity index (χ1v) is 10.7. The molecule has 0 aromatic rings. The van der Waals surface area contributed by atoms with Gasteiger partial charge >= 0.3 is 6.18 Å². The highest BCUT2D eigenvalue weighted by molar-refractivity contribution is 5.12. The van der Waals surface area contributed by atoms with E-state index in [1.165, 1.54) is 56.9 Å². The molecule has 2 saturated carbocycles. The van der Waals surface area contributed by atoms with E-state index in [4.69, 9.17) is 0 Å². The lowest BCUT2D eigenvalue weighted by Gasteiger charge is -2.37. The van der Waals surface area contributed by atoms with Crippen LogP contribution in [0.4, 0.5) is 13.2 Å². The van der Waals surface area contributed by atoms with E-state index in [2.05, 4.69) is 13.0 Å². The highest BCUT2D eigenvalue weighted by Gasteiger charge is 2.42. The molecule has 0 saturated heterocycles. The fraction of sp³-hybridized carbons (Fsp3) is 0.909. The van der Waals surface area contributed by atoms with Crippen LogP contribution in [0, 0.1) is 29.6 Å². The summed E-state index contributed by atoms with van der Waals surface area (Å²) >= 11 is 0. The Morgan fingerprint density at radius 1 is 0.880 bits per heavy atom. The summed E-state index contributed by atoms with van der Waals surface area (Å²) in [6.07, 6.45) is 12.7. The Hall–Kier alpha value is -0.470. The van der Waals surface area contributed by atoms with Gasteiger partial charge in [-0.15, -0.1) is 0 Å². The first kappa shape index (κ1) is 19.3. The van der Waals surface area contributed by atoms with Crippen LogP contribution in [0.15, 0.2) is 11.6 Å². The normalized spacial score (nSPS) is 37.6. The van der Waals surface area contributed by atoms with Crippen molar-refractivity contribution in [2.45, 2.75) is 96.6 Å². The number of allylic oxidation sites excluding steroid dienone is 2. The van der Waals surface area contributed by atoms with E-state index in [0.29, 0.717) is 18.8 Å². The monoisotopic (exact) mass is 356 g/mol. The predicted molar refractivity (Wildman–Crippen MR) is 97.3 cm³/mol. The van der Waals surface area contributed by atoms with E-state index < -0.39 is 12.1 Å². The van der Waals surface area contributed by atoms with Crippen molar-refractivity contribution in [2.24, 2.45) is 29.6 Å². The molecule has 0 aromatic heterocycles. The topological polar surface area (TPSA) is 0 Å². The maximum Gasteiger partial charge on any atom is 0.391 e. The molecule has 3 rings (SSSR count). The maximum absolute atomic E-state index is 12.8. The van der Waals surface area contributed by atoms with Crippen molar-refractivity contribution >= 4 is 0 Å². The molecule has 25 heavy (non-hydrogen) atoms. The molecule has 0 amide bonds.